The Morgan fingerprint density at radius 1 is 1.14 bits per heavy atom. The minimum atomic E-state index is -0.103. The second kappa shape index (κ2) is 7.59. The molecule has 2 N–H and O–H groups in total. The van der Waals surface area contributed by atoms with E-state index in [0.717, 1.165) is 18.8 Å². The molecule has 2 atom stereocenters. The fourth-order valence-electron chi connectivity index (χ4n) is 2.13. The maximum absolute atomic E-state index is 6.09. The van der Waals surface area contributed by atoms with Gasteiger partial charge in [0.25, 0.3) is 0 Å². The van der Waals surface area contributed by atoms with Crippen LogP contribution >= 0.6 is 11.3 Å². The zero-order valence-electron chi connectivity index (χ0n) is 12.8. The SMILES string of the molecule is COCCc1ccc(OC(c2ccc(C)s2)C(C)N)cc1. The van der Waals surface area contributed by atoms with Gasteiger partial charge < -0.3 is 15.2 Å². The van der Waals surface area contributed by atoms with Crippen LogP contribution in [0.2, 0.25) is 0 Å². The molecule has 0 aliphatic rings. The molecule has 1 aromatic heterocycles. The van der Waals surface area contributed by atoms with Crippen molar-refractivity contribution in [3.05, 3.63) is 51.7 Å². The average Bonchev–Trinajstić information content (AvgIpc) is 2.89. The molecule has 114 valence electrons. The number of methoxy groups -OCH3 is 1. The van der Waals surface area contributed by atoms with Crippen LogP contribution in [0, 0.1) is 6.92 Å². The van der Waals surface area contributed by atoms with E-state index in [0.29, 0.717) is 0 Å². The Morgan fingerprint density at radius 3 is 2.38 bits per heavy atom. The summed E-state index contributed by atoms with van der Waals surface area (Å²) in [4.78, 5) is 2.44. The van der Waals surface area contributed by atoms with Gasteiger partial charge in [-0.25, -0.2) is 0 Å². The summed E-state index contributed by atoms with van der Waals surface area (Å²) >= 11 is 1.74. The van der Waals surface area contributed by atoms with Crippen molar-refractivity contribution in [2.75, 3.05) is 13.7 Å². The monoisotopic (exact) mass is 305 g/mol. The summed E-state index contributed by atoms with van der Waals surface area (Å²) in [7, 11) is 1.72. The lowest BCUT2D eigenvalue weighted by Gasteiger charge is -2.21. The van der Waals surface area contributed by atoms with Gasteiger partial charge in [-0.05, 0) is 50.1 Å². The fraction of sp³-hybridized carbons (Fsp3) is 0.412. The first-order valence-electron chi connectivity index (χ1n) is 7.16. The van der Waals surface area contributed by atoms with Gasteiger partial charge in [0.05, 0.1) is 6.61 Å². The van der Waals surface area contributed by atoms with Gasteiger partial charge >= 0.3 is 0 Å². The Morgan fingerprint density at radius 2 is 1.86 bits per heavy atom. The third-order valence-electron chi connectivity index (χ3n) is 3.30. The maximum atomic E-state index is 6.09. The van der Waals surface area contributed by atoms with Gasteiger partial charge in [-0.2, -0.15) is 0 Å². The zero-order valence-corrected chi connectivity index (χ0v) is 13.7. The fourth-order valence-corrected chi connectivity index (χ4v) is 3.15. The Kier molecular flexibility index (Phi) is 5.79. The van der Waals surface area contributed by atoms with Crippen LogP contribution in [0.1, 0.15) is 28.3 Å². The molecular weight excluding hydrogens is 282 g/mol. The lowest BCUT2D eigenvalue weighted by molar-refractivity contribution is 0.184. The number of aryl methyl sites for hydroxylation is 1. The highest BCUT2D eigenvalue weighted by Crippen LogP contribution is 2.29. The summed E-state index contributed by atoms with van der Waals surface area (Å²) in [5, 5.41) is 0. The number of benzene rings is 1. The lowest BCUT2D eigenvalue weighted by atomic mass is 10.1. The van der Waals surface area contributed by atoms with Crippen molar-refractivity contribution in [1.29, 1.82) is 0 Å². The molecule has 0 bridgehead atoms. The highest BCUT2D eigenvalue weighted by Gasteiger charge is 2.19. The van der Waals surface area contributed by atoms with Crippen molar-refractivity contribution in [2.24, 2.45) is 5.73 Å². The number of hydrogen-bond acceptors (Lipinski definition) is 4. The zero-order chi connectivity index (χ0) is 15.2. The Hall–Kier alpha value is -1.36. The smallest absolute Gasteiger partial charge is 0.148 e. The summed E-state index contributed by atoms with van der Waals surface area (Å²) in [5.41, 5.74) is 7.33. The van der Waals surface area contributed by atoms with E-state index in [9.17, 15) is 0 Å². The van der Waals surface area contributed by atoms with Gasteiger partial charge in [-0.15, -0.1) is 11.3 Å². The molecule has 0 saturated heterocycles. The predicted molar refractivity (Wildman–Crippen MR) is 88.1 cm³/mol. The average molecular weight is 305 g/mol. The molecule has 2 unspecified atom stereocenters. The van der Waals surface area contributed by atoms with E-state index in [4.69, 9.17) is 15.2 Å². The molecule has 2 aromatic rings. The van der Waals surface area contributed by atoms with Crippen molar-refractivity contribution in [2.45, 2.75) is 32.4 Å². The topological polar surface area (TPSA) is 44.5 Å². The van der Waals surface area contributed by atoms with Gasteiger partial charge in [-0.3, -0.25) is 0 Å². The van der Waals surface area contributed by atoms with Gasteiger partial charge in [-0.1, -0.05) is 12.1 Å². The maximum Gasteiger partial charge on any atom is 0.148 e. The summed E-state index contributed by atoms with van der Waals surface area (Å²) in [5.74, 6) is 0.851. The number of rotatable bonds is 7. The van der Waals surface area contributed by atoms with Crippen LogP contribution in [0.3, 0.4) is 0 Å². The first kappa shape index (κ1) is 16.0. The molecule has 2 rings (SSSR count). The van der Waals surface area contributed by atoms with Crippen LogP contribution in [0.4, 0.5) is 0 Å². The van der Waals surface area contributed by atoms with Crippen LogP contribution in [-0.4, -0.2) is 19.8 Å². The number of ether oxygens (including phenoxy) is 2. The van der Waals surface area contributed by atoms with E-state index in [2.05, 4.69) is 31.2 Å². The van der Waals surface area contributed by atoms with Crippen molar-refractivity contribution in [1.82, 2.24) is 0 Å². The molecule has 3 nitrogen and oxygen atoms in total. The van der Waals surface area contributed by atoms with Crippen LogP contribution in [0.15, 0.2) is 36.4 Å². The minimum absolute atomic E-state index is 0.0591. The Labute approximate surface area is 130 Å². The van der Waals surface area contributed by atoms with E-state index in [1.165, 1.54) is 15.3 Å². The molecule has 0 saturated carbocycles. The molecule has 0 aliphatic heterocycles. The van der Waals surface area contributed by atoms with Gasteiger partial charge in [0.15, 0.2) is 0 Å². The van der Waals surface area contributed by atoms with E-state index in [1.807, 2.05) is 19.1 Å². The molecule has 1 aromatic carbocycles. The summed E-state index contributed by atoms with van der Waals surface area (Å²) in [6.45, 7) is 4.81. The van der Waals surface area contributed by atoms with E-state index in [-0.39, 0.29) is 12.1 Å². The van der Waals surface area contributed by atoms with Crippen LogP contribution < -0.4 is 10.5 Å². The second-order valence-corrected chi connectivity index (χ2v) is 6.55. The Bertz CT molecular complexity index is 548. The summed E-state index contributed by atoms with van der Waals surface area (Å²) < 4.78 is 11.2. The molecule has 1 heterocycles. The van der Waals surface area contributed by atoms with Crippen LogP contribution in [-0.2, 0) is 11.2 Å². The highest BCUT2D eigenvalue weighted by atomic mass is 32.1. The standard InChI is InChI=1S/C17H23NO2S/c1-12-4-9-16(21-12)17(13(2)18)20-15-7-5-14(6-8-15)10-11-19-3/h4-9,13,17H,10-11,18H2,1-3H3. The third-order valence-corrected chi connectivity index (χ3v) is 4.36. The number of hydrogen-bond donors (Lipinski definition) is 1. The molecule has 21 heavy (non-hydrogen) atoms. The predicted octanol–water partition coefficient (Wildman–Crippen LogP) is 3.71. The first-order valence-corrected chi connectivity index (χ1v) is 7.98. The normalized spacial score (nSPS) is 13.9. The quantitative estimate of drug-likeness (QED) is 0.848. The largest absolute Gasteiger partial charge is 0.483 e. The molecule has 0 aliphatic carbocycles. The summed E-state index contributed by atoms with van der Waals surface area (Å²) in [6.07, 6.45) is 0.811. The first-order chi connectivity index (χ1) is 10.1. The Balaban J connectivity index is 2.07. The van der Waals surface area contributed by atoms with Crippen molar-refractivity contribution < 1.29 is 9.47 Å². The highest BCUT2D eigenvalue weighted by molar-refractivity contribution is 7.12. The minimum Gasteiger partial charge on any atom is -0.483 e. The van der Waals surface area contributed by atoms with Crippen LogP contribution in [0.5, 0.6) is 5.75 Å². The van der Waals surface area contributed by atoms with Gasteiger partial charge in [0.1, 0.15) is 11.9 Å². The number of thiophene rings is 1. The number of nitrogens with two attached hydrogens (primary N) is 1. The molecule has 4 heteroatoms. The van der Waals surface area contributed by atoms with Gasteiger partial charge in [0.2, 0.25) is 0 Å². The second-order valence-electron chi connectivity index (χ2n) is 5.23. The van der Waals surface area contributed by atoms with Gasteiger partial charge in [0, 0.05) is 22.9 Å². The molecular formula is C17H23NO2S. The molecule has 0 spiro atoms. The van der Waals surface area contributed by atoms with Crippen molar-refractivity contribution >= 4 is 11.3 Å². The molecule has 0 radical (unpaired) electrons. The summed E-state index contributed by atoms with van der Waals surface area (Å²) in [6, 6.07) is 12.3. The third kappa shape index (κ3) is 4.56. The van der Waals surface area contributed by atoms with E-state index >= 15 is 0 Å². The van der Waals surface area contributed by atoms with E-state index in [1.54, 1.807) is 18.4 Å². The molecule has 0 fully saturated rings. The lowest BCUT2D eigenvalue weighted by Crippen LogP contribution is -2.28. The van der Waals surface area contributed by atoms with E-state index < -0.39 is 0 Å². The van der Waals surface area contributed by atoms with Crippen molar-refractivity contribution in [3.8, 4) is 5.75 Å². The molecule has 0 amide bonds. The van der Waals surface area contributed by atoms with Crippen LogP contribution in [0.25, 0.3) is 0 Å². The van der Waals surface area contributed by atoms with Crippen molar-refractivity contribution in [3.63, 3.8) is 0 Å².